The Labute approximate surface area is 163 Å². The van der Waals surface area contributed by atoms with Crippen molar-refractivity contribution in [1.29, 1.82) is 0 Å². The molecule has 0 spiro atoms. The first-order valence-electron chi connectivity index (χ1n) is 9.15. The predicted octanol–water partition coefficient (Wildman–Crippen LogP) is 2.54. The molecule has 2 aromatic carbocycles. The molecule has 0 unspecified atom stereocenters. The zero-order chi connectivity index (χ0) is 18.4. The molecule has 4 nitrogen and oxygen atoms in total. The van der Waals surface area contributed by atoms with Crippen molar-refractivity contribution in [2.75, 3.05) is 26.7 Å². The van der Waals surface area contributed by atoms with Gasteiger partial charge < -0.3 is 15.0 Å². The zero-order valence-corrected chi connectivity index (χ0v) is 16.7. The maximum absolute atomic E-state index is 12.4. The number of hydrogen-bond donors (Lipinski definition) is 2. The number of benzene rings is 2. The highest BCUT2D eigenvalue weighted by Gasteiger charge is 2.27. The third kappa shape index (κ3) is 5.08. The molecule has 0 bridgehead atoms. The van der Waals surface area contributed by atoms with E-state index in [4.69, 9.17) is 4.74 Å². The Bertz CT molecular complexity index is 710. The number of amides is 1. The maximum atomic E-state index is 12.4. The number of ether oxygens (including phenoxy) is 1. The van der Waals surface area contributed by atoms with Gasteiger partial charge in [0.1, 0.15) is 11.8 Å². The molecule has 138 valence electrons. The Kier molecular flexibility index (Phi) is 6.69. The lowest BCUT2D eigenvalue weighted by Crippen LogP contribution is -3.11. The summed E-state index contributed by atoms with van der Waals surface area (Å²) in [5.41, 5.74) is 2.28. The Morgan fingerprint density at radius 2 is 1.77 bits per heavy atom. The summed E-state index contributed by atoms with van der Waals surface area (Å²) in [6, 6.07) is 16.4. The number of carbonyl (C=O) groups excluding carboxylic acids is 1. The summed E-state index contributed by atoms with van der Waals surface area (Å²) in [5.74, 6) is 0.938. The van der Waals surface area contributed by atoms with Crippen molar-refractivity contribution in [1.82, 2.24) is 5.32 Å². The minimum atomic E-state index is 0.0735. The number of hydrogen-bond acceptors (Lipinski definition) is 2. The second kappa shape index (κ2) is 9.19. The molecule has 0 aromatic heterocycles. The van der Waals surface area contributed by atoms with Gasteiger partial charge in [-0.2, -0.15) is 0 Å². The molecule has 2 N–H and O–H groups in total. The van der Waals surface area contributed by atoms with Crippen LogP contribution in [0.5, 0.6) is 5.75 Å². The van der Waals surface area contributed by atoms with E-state index in [9.17, 15) is 4.79 Å². The first kappa shape index (κ1) is 18.9. The molecule has 1 saturated heterocycles. The average Bonchev–Trinajstić information content (AvgIpc) is 3.19. The smallest absolute Gasteiger partial charge is 0.224 e. The summed E-state index contributed by atoms with van der Waals surface area (Å²) >= 11 is 3.42. The van der Waals surface area contributed by atoms with E-state index in [0.29, 0.717) is 13.0 Å². The summed E-state index contributed by atoms with van der Waals surface area (Å²) in [5, 5.41) is 3.15. The second-order valence-electron chi connectivity index (χ2n) is 6.80. The lowest BCUT2D eigenvalue weighted by Gasteiger charge is -2.25. The highest BCUT2D eigenvalue weighted by molar-refractivity contribution is 9.10. The lowest BCUT2D eigenvalue weighted by molar-refractivity contribution is -0.918. The van der Waals surface area contributed by atoms with E-state index < -0.39 is 0 Å². The number of quaternary nitrogens is 1. The molecule has 0 saturated carbocycles. The summed E-state index contributed by atoms with van der Waals surface area (Å²) in [7, 11) is 1.68. The van der Waals surface area contributed by atoms with Crippen LogP contribution in [0.3, 0.4) is 0 Å². The summed E-state index contributed by atoms with van der Waals surface area (Å²) in [6.45, 7) is 3.00. The fourth-order valence-electron chi connectivity index (χ4n) is 3.58. The van der Waals surface area contributed by atoms with Crippen LogP contribution >= 0.6 is 15.9 Å². The van der Waals surface area contributed by atoms with Gasteiger partial charge in [-0.05, 0) is 42.0 Å². The van der Waals surface area contributed by atoms with Gasteiger partial charge >= 0.3 is 0 Å². The van der Waals surface area contributed by atoms with E-state index in [2.05, 4.69) is 33.4 Å². The third-order valence-corrected chi connectivity index (χ3v) is 5.57. The second-order valence-corrected chi connectivity index (χ2v) is 7.71. The molecule has 5 heteroatoms. The number of likely N-dealkylation sites (tertiary alicyclic amines) is 1. The molecular formula is C21H26BrN2O2+. The molecule has 3 rings (SSSR count). The summed E-state index contributed by atoms with van der Waals surface area (Å²) < 4.78 is 6.29. The van der Waals surface area contributed by atoms with Crippen LogP contribution in [0.25, 0.3) is 0 Å². The van der Waals surface area contributed by atoms with Crippen LogP contribution in [-0.2, 0) is 11.2 Å². The quantitative estimate of drug-likeness (QED) is 0.726. The number of rotatable bonds is 7. The molecule has 0 radical (unpaired) electrons. The van der Waals surface area contributed by atoms with Crippen LogP contribution in [-0.4, -0.2) is 32.7 Å². The molecule has 1 fully saturated rings. The van der Waals surface area contributed by atoms with Crippen molar-refractivity contribution in [2.24, 2.45) is 0 Å². The normalized spacial score (nSPS) is 15.6. The van der Waals surface area contributed by atoms with Gasteiger partial charge in [0.05, 0.1) is 33.2 Å². The Morgan fingerprint density at radius 3 is 2.38 bits per heavy atom. The van der Waals surface area contributed by atoms with E-state index in [1.54, 1.807) is 12.0 Å². The van der Waals surface area contributed by atoms with Crippen molar-refractivity contribution >= 4 is 21.8 Å². The van der Waals surface area contributed by atoms with Gasteiger partial charge in [-0.1, -0.05) is 28.1 Å². The number of carbonyl (C=O) groups is 1. The molecule has 1 atom stereocenters. The van der Waals surface area contributed by atoms with Crippen LogP contribution in [0.1, 0.15) is 30.0 Å². The van der Waals surface area contributed by atoms with Crippen LogP contribution in [0.4, 0.5) is 0 Å². The van der Waals surface area contributed by atoms with Gasteiger partial charge in [0, 0.05) is 22.9 Å². The highest BCUT2D eigenvalue weighted by atomic mass is 79.9. The van der Waals surface area contributed by atoms with Crippen LogP contribution in [0.15, 0.2) is 53.0 Å². The Hall–Kier alpha value is -1.85. The van der Waals surface area contributed by atoms with Gasteiger partial charge in [0.25, 0.3) is 0 Å². The zero-order valence-electron chi connectivity index (χ0n) is 15.1. The SMILES string of the molecule is COc1ccc([C@@H](CNC(=O)Cc2ccc(Br)cc2)[NH+]2CCCC2)cc1. The maximum Gasteiger partial charge on any atom is 0.224 e. The number of nitrogens with one attached hydrogen (secondary N) is 2. The van der Waals surface area contributed by atoms with Gasteiger partial charge in [-0.15, -0.1) is 0 Å². The molecule has 2 aromatic rings. The minimum Gasteiger partial charge on any atom is -0.497 e. The van der Waals surface area contributed by atoms with Crippen molar-refractivity contribution < 1.29 is 14.4 Å². The monoisotopic (exact) mass is 417 g/mol. The molecule has 26 heavy (non-hydrogen) atoms. The predicted molar refractivity (Wildman–Crippen MR) is 107 cm³/mol. The first-order valence-corrected chi connectivity index (χ1v) is 9.94. The molecule has 1 aliphatic heterocycles. The average molecular weight is 418 g/mol. The van der Waals surface area contributed by atoms with Gasteiger partial charge in [0.2, 0.25) is 5.91 Å². The topological polar surface area (TPSA) is 42.8 Å². The standard InChI is InChI=1S/C21H25BrN2O2/c1-26-19-10-6-17(7-11-19)20(24-12-2-3-13-24)15-23-21(25)14-16-4-8-18(22)9-5-16/h4-11,20H,2-3,12-15H2,1H3,(H,23,25)/p+1/t20-/m1/s1. The van der Waals surface area contributed by atoms with Gasteiger partial charge in [-0.25, -0.2) is 0 Å². The van der Waals surface area contributed by atoms with E-state index in [0.717, 1.165) is 15.8 Å². The van der Waals surface area contributed by atoms with Crippen molar-refractivity contribution in [3.63, 3.8) is 0 Å². The number of halogens is 1. The van der Waals surface area contributed by atoms with Gasteiger partial charge in [0.15, 0.2) is 0 Å². The van der Waals surface area contributed by atoms with Crippen LogP contribution < -0.4 is 15.0 Å². The van der Waals surface area contributed by atoms with E-state index in [1.807, 2.05) is 36.4 Å². The summed E-state index contributed by atoms with van der Waals surface area (Å²) in [6.07, 6.45) is 2.93. The lowest BCUT2D eigenvalue weighted by atomic mass is 10.0. The molecule has 1 aliphatic rings. The fourth-order valence-corrected chi connectivity index (χ4v) is 3.84. The van der Waals surface area contributed by atoms with Crippen LogP contribution in [0, 0.1) is 0 Å². The minimum absolute atomic E-state index is 0.0735. The van der Waals surface area contributed by atoms with Crippen molar-refractivity contribution in [3.8, 4) is 5.75 Å². The van der Waals surface area contributed by atoms with Crippen molar-refractivity contribution in [2.45, 2.75) is 25.3 Å². The Morgan fingerprint density at radius 1 is 1.12 bits per heavy atom. The van der Waals surface area contributed by atoms with E-state index in [1.165, 1.54) is 31.5 Å². The third-order valence-electron chi connectivity index (χ3n) is 5.04. The fraction of sp³-hybridized carbons (Fsp3) is 0.381. The molecule has 1 heterocycles. The molecule has 1 amide bonds. The van der Waals surface area contributed by atoms with E-state index >= 15 is 0 Å². The highest BCUT2D eigenvalue weighted by Crippen LogP contribution is 2.17. The Balaban J connectivity index is 1.63. The van der Waals surface area contributed by atoms with Crippen molar-refractivity contribution in [3.05, 3.63) is 64.1 Å². The van der Waals surface area contributed by atoms with E-state index in [-0.39, 0.29) is 11.9 Å². The van der Waals surface area contributed by atoms with Gasteiger partial charge in [-0.3, -0.25) is 4.79 Å². The number of methoxy groups -OCH3 is 1. The molecule has 0 aliphatic carbocycles. The summed E-state index contributed by atoms with van der Waals surface area (Å²) in [4.78, 5) is 14.0. The first-order chi connectivity index (χ1) is 12.7. The molecular weight excluding hydrogens is 392 g/mol. The largest absolute Gasteiger partial charge is 0.497 e. The van der Waals surface area contributed by atoms with Crippen LogP contribution in [0.2, 0.25) is 0 Å².